The molecule has 0 aromatic heterocycles. The van der Waals surface area contributed by atoms with Gasteiger partial charge in [-0.15, -0.1) is 0 Å². The summed E-state index contributed by atoms with van der Waals surface area (Å²) in [4.78, 5) is 12.1. The molecule has 27 heavy (non-hydrogen) atoms. The Morgan fingerprint density at radius 3 is 2.30 bits per heavy atom. The fourth-order valence-corrected chi connectivity index (χ4v) is 8.27. The zero-order valence-corrected chi connectivity index (χ0v) is 18.6. The zero-order valence-electron chi connectivity index (χ0n) is 18.6. The van der Waals surface area contributed by atoms with Crippen LogP contribution >= 0.6 is 0 Å². The Bertz CT molecular complexity index is 588. The van der Waals surface area contributed by atoms with Gasteiger partial charge in [0.2, 0.25) is 0 Å². The maximum Gasteiger partial charge on any atom is 0.135 e. The molecule has 4 rings (SSSR count). The second-order valence-electron chi connectivity index (χ2n) is 10.8. The SMILES string of the molecule is CC.CC1CC2(O)CC(=O)CCC2(C)C2CCC3(C)C(C12)C(C)[C@H](C)C3O. The summed E-state index contributed by atoms with van der Waals surface area (Å²) in [5.74, 6) is 3.10. The van der Waals surface area contributed by atoms with Gasteiger partial charge in [-0.3, -0.25) is 4.79 Å². The fraction of sp³-hybridized carbons (Fsp3) is 0.958. The molecule has 0 heterocycles. The van der Waals surface area contributed by atoms with E-state index in [1.165, 1.54) is 0 Å². The molecule has 0 saturated heterocycles. The Kier molecular flexibility index (Phi) is 5.39. The van der Waals surface area contributed by atoms with Gasteiger partial charge in [0.25, 0.3) is 0 Å². The molecule has 3 nitrogen and oxygen atoms in total. The quantitative estimate of drug-likeness (QED) is 0.634. The number of fused-ring (bicyclic) bond motifs is 5. The van der Waals surface area contributed by atoms with Crippen LogP contribution in [0, 0.1) is 46.3 Å². The molecule has 3 heteroatoms. The molecule has 4 aliphatic rings. The van der Waals surface area contributed by atoms with Gasteiger partial charge in [0.15, 0.2) is 0 Å². The van der Waals surface area contributed by atoms with E-state index in [0.717, 1.165) is 25.7 Å². The predicted molar refractivity (Wildman–Crippen MR) is 109 cm³/mol. The van der Waals surface area contributed by atoms with Crippen molar-refractivity contribution in [1.82, 2.24) is 0 Å². The first-order valence-electron chi connectivity index (χ1n) is 11.5. The normalized spacial score (nSPS) is 57.1. The lowest BCUT2D eigenvalue weighted by Gasteiger charge is -2.65. The molecular formula is C24H42O3. The van der Waals surface area contributed by atoms with Gasteiger partial charge in [-0.2, -0.15) is 0 Å². The molecule has 0 spiro atoms. The number of hydrogen-bond acceptors (Lipinski definition) is 3. The van der Waals surface area contributed by atoms with Crippen molar-refractivity contribution in [3.63, 3.8) is 0 Å². The molecule has 0 bridgehead atoms. The highest BCUT2D eigenvalue weighted by Crippen LogP contribution is 2.69. The van der Waals surface area contributed by atoms with Gasteiger partial charge < -0.3 is 10.2 Å². The van der Waals surface area contributed by atoms with Crippen LogP contribution in [0.25, 0.3) is 0 Å². The first-order chi connectivity index (χ1) is 12.5. The lowest BCUT2D eigenvalue weighted by Crippen LogP contribution is -2.65. The van der Waals surface area contributed by atoms with E-state index in [0.29, 0.717) is 48.3 Å². The highest BCUT2D eigenvalue weighted by molar-refractivity contribution is 5.80. The van der Waals surface area contributed by atoms with Gasteiger partial charge in [0, 0.05) is 18.3 Å². The largest absolute Gasteiger partial charge is 0.392 e. The molecule has 156 valence electrons. The van der Waals surface area contributed by atoms with Crippen molar-refractivity contribution < 1.29 is 15.0 Å². The molecule has 10 atom stereocenters. The number of aliphatic hydroxyl groups is 2. The first-order valence-corrected chi connectivity index (χ1v) is 11.5. The van der Waals surface area contributed by atoms with Gasteiger partial charge in [-0.05, 0) is 66.6 Å². The van der Waals surface area contributed by atoms with Crippen LogP contribution in [0.5, 0.6) is 0 Å². The average Bonchev–Trinajstić information content (AvgIpc) is 2.79. The van der Waals surface area contributed by atoms with Crippen LogP contribution in [0.15, 0.2) is 0 Å². The summed E-state index contributed by atoms with van der Waals surface area (Å²) in [5.41, 5.74) is -0.941. The average molecular weight is 379 g/mol. The first kappa shape index (κ1) is 21.3. The van der Waals surface area contributed by atoms with E-state index in [1.807, 2.05) is 13.8 Å². The van der Waals surface area contributed by atoms with E-state index in [-0.39, 0.29) is 22.7 Å². The van der Waals surface area contributed by atoms with Crippen LogP contribution in [-0.4, -0.2) is 27.7 Å². The summed E-state index contributed by atoms with van der Waals surface area (Å²) >= 11 is 0. The number of carbonyl (C=O) groups is 1. The summed E-state index contributed by atoms with van der Waals surface area (Å²) in [7, 11) is 0. The van der Waals surface area contributed by atoms with E-state index < -0.39 is 5.60 Å². The minimum atomic E-state index is -0.817. The molecule has 0 aromatic rings. The van der Waals surface area contributed by atoms with Crippen molar-refractivity contribution in [2.45, 2.75) is 98.7 Å². The highest BCUT2D eigenvalue weighted by atomic mass is 16.3. The molecule has 2 N–H and O–H groups in total. The Morgan fingerprint density at radius 1 is 1.04 bits per heavy atom. The second kappa shape index (κ2) is 6.83. The van der Waals surface area contributed by atoms with E-state index in [2.05, 4.69) is 34.6 Å². The predicted octanol–water partition coefficient (Wildman–Crippen LogP) is 4.84. The van der Waals surface area contributed by atoms with Gasteiger partial charge in [-0.25, -0.2) is 0 Å². The smallest absolute Gasteiger partial charge is 0.135 e. The van der Waals surface area contributed by atoms with Gasteiger partial charge in [-0.1, -0.05) is 48.5 Å². The molecule has 4 aliphatic carbocycles. The molecular weight excluding hydrogens is 336 g/mol. The Hall–Kier alpha value is -0.410. The van der Waals surface area contributed by atoms with Crippen LogP contribution in [-0.2, 0) is 4.79 Å². The Balaban J connectivity index is 0.00000102. The van der Waals surface area contributed by atoms with Gasteiger partial charge in [0.1, 0.15) is 5.78 Å². The summed E-state index contributed by atoms with van der Waals surface area (Å²) in [5, 5.41) is 22.5. The minimum Gasteiger partial charge on any atom is -0.392 e. The molecule has 0 radical (unpaired) electrons. The number of carbonyl (C=O) groups excluding carboxylic acids is 1. The molecule has 0 amide bonds. The third kappa shape index (κ3) is 2.70. The third-order valence-electron chi connectivity index (χ3n) is 9.82. The van der Waals surface area contributed by atoms with Crippen LogP contribution in [0.1, 0.15) is 87.0 Å². The third-order valence-corrected chi connectivity index (χ3v) is 9.82. The van der Waals surface area contributed by atoms with Crippen LogP contribution in [0.3, 0.4) is 0 Å². The van der Waals surface area contributed by atoms with Crippen molar-refractivity contribution in [3.8, 4) is 0 Å². The highest BCUT2D eigenvalue weighted by Gasteiger charge is 2.68. The second-order valence-corrected chi connectivity index (χ2v) is 10.8. The lowest BCUT2D eigenvalue weighted by atomic mass is 9.41. The molecule has 0 aromatic carbocycles. The lowest BCUT2D eigenvalue weighted by molar-refractivity contribution is -0.223. The number of aliphatic hydroxyl groups excluding tert-OH is 1. The van der Waals surface area contributed by atoms with Crippen molar-refractivity contribution in [1.29, 1.82) is 0 Å². The van der Waals surface area contributed by atoms with Gasteiger partial charge >= 0.3 is 0 Å². The fourth-order valence-electron chi connectivity index (χ4n) is 8.27. The monoisotopic (exact) mass is 378 g/mol. The van der Waals surface area contributed by atoms with Crippen LogP contribution in [0.2, 0.25) is 0 Å². The minimum absolute atomic E-state index is 0.0184. The van der Waals surface area contributed by atoms with Gasteiger partial charge in [0.05, 0.1) is 11.7 Å². The maximum absolute atomic E-state index is 12.1. The van der Waals surface area contributed by atoms with Crippen molar-refractivity contribution in [2.75, 3.05) is 0 Å². The molecule has 4 saturated carbocycles. The molecule has 9 unspecified atom stereocenters. The van der Waals surface area contributed by atoms with E-state index >= 15 is 0 Å². The zero-order chi connectivity index (χ0) is 20.4. The van der Waals surface area contributed by atoms with E-state index in [4.69, 9.17) is 0 Å². The van der Waals surface area contributed by atoms with Crippen LogP contribution in [0.4, 0.5) is 0 Å². The number of Topliss-reactive ketones (excluding diaryl/α,β-unsaturated/α-hetero) is 1. The summed E-state index contributed by atoms with van der Waals surface area (Å²) < 4.78 is 0. The van der Waals surface area contributed by atoms with Crippen LogP contribution < -0.4 is 0 Å². The number of hydrogen-bond donors (Lipinski definition) is 2. The van der Waals surface area contributed by atoms with Crippen molar-refractivity contribution >= 4 is 5.78 Å². The Labute approximate surface area is 166 Å². The van der Waals surface area contributed by atoms with E-state index in [9.17, 15) is 15.0 Å². The van der Waals surface area contributed by atoms with Crippen molar-refractivity contribution in [3.05, 3.63) is 0 Å². The van der Waals surface area contributed by atoms with E-state index in [1.54, 1.807) is 0 Å². The summed E-state index contributed by atoms with van der Waals surface area (Å²) in [6.45, 7) is 15.4. The number of ketones is 1. The topological polar surface area (TPSA) is 57.5 Å². The number of rotatable bonds is 0. The summed E-state index contributed by atoms with van der Waals surface area (Å²) in [6, 6.07) is 0. The standard InChI is InChI=1S/C22H36O3.C2H6/c1-12-10-22(25)11-15(23)6-9-21(22,5)16-7-8-20(4)18(17(12)16)13(2)14(3)19(20)24;1-2/h12-14,16-19,24-25H,6-11H2,1-5H3;1-2H3/t12?,13?,14-,16?,17?,18?,19?,20?,21?,22?;/m0./s1. The molecule has 4 fully saturated rings. The van der Waals surface area contributed by atoms with Crippen molar-refractivity contribution in [2.24, 2.45) is 46.3 Å². The Morgan fingerprint density at radius 2 is 1.67 bits per heavy atom. The maximum atomic E-state index is 12.1. The molecule has 0 aliphatic heterocycles. The summed E-state index contributed by atoms with van der Waals surface area (Å²) in [6.07, 6.45) is 4.52.